The first-order chi connectivity index (χ1) is 30.3. The molecule has 0 amide bonds. The molecule has 62 heavy (non-hydrogen) atoms. The minimum absolute atomic E-state index is 0.150. The van der Waals surface area contributed by atoms with Gasteiger partial charge in [0, 0.05) is 32.6 Å². The highest BCUT2D eigenvalue weighted by Gasteiger charge is 2.35. The topological polar surface area (TPSA) is 18.1 Å². The molecule has 0 atom stereocenters. The van der Waals surface area contributed by atoms with E-state index >= 15 is 0 Å². The number of rotatable bonds is 3. The maximum Gasteiger partial charge on any atom is 0.135 e. The molecule has 0 aliphatic heterocycles. The Morgan fingerprint density at radius 1 is 0.403 bits per heavy atom. The highest BCUT2D eigenvalue weighted by molar-refractivity contribution is 6.11. The molecule has 2 heteroatoms. The predicted octanol–water partition coefficient (Wildman–Crippen LogP) is 16.6. The Morgan fingerprint density at radius 3 is 1.77 bits per heavy atom. The maximum absolute atomic E-state index is 6.10. The molecule has 2 heterocycles. The molecule has 0 saturated heterocycles. The number of aromatic nitrogens is 1. The Hall–Kier alpha value is -7.42. The van der Waals surface area contributed by atoms with E-state index in [-0.39, 0.29) is 5.41 Å². The molecule has 2 nitrogen and oxygen atoms in total. The van der Waals surface area contributed by atoms with E-state index in [1.54, 1.807) is 0 Å². The van der Waals surface area contributed by atoms with Crippen molar-refractivity contribution in [3.05, 3.63) is 234 Å². The van der Waals surface area contributed by atoms with Gasteiger partial charge in [0.1, 0.15) is 11.2 Å². The lowest BCUT2D eigenvalue weighted by atomic mass is 9.80. The Morgan fingerprint density at radius 2 is 0.984 bits per heavy atom. The lowest BCUT2D eigenvalue weighted by Gasteiger charge is -2.23. The lowest BCUT2D eigenvalue weighted by molar-refractivity contribution is 0.655. The fourth-order valence-electron chi connectivity index (χ4n) is 9.69. The second-order valence-corrected chi connectivity index (χ2v) is 17.1. The minimum atomic E-state index is 0.150. The second-order valence-electron chi connectivity index (χ2n) is 17.1. The molecule has 11 aromatic rings. The van der Waals surface area contributed by atoms with Crippen LogP contribution in [0.2, 0.25) is 0 Å². The van der Waals surface area contributed by atoms with E-state index in [2.05, 4.69) is 233 Å². The minimum Gasteiger partial charge on any atom is -0.456 e. The lowest BCUT2D eigenvalue weighted by Crippen LogP contribution is -2.16. The summed E-state index contributed by atoms with van der Waals surface area (Å²) < 4.78 is 8.45. The van der Waals surface area contributed by atoms with Gasteiger partial charge in [-0.2, -0.15) is 0 Å². The predicted molar refractivity (Wildman–Crippen MR) is 264 cm³/mol. The third kappa shape index (κ3) is 6.88. The van der Waals surface area contributed by atoms with Crippen molar-refractivity contribution in [3.8, 4) is 39.1 Å². The van der Waals surface area contributed by atoms with Gasteiger partial charge in [-0.3, -0.25) is 0 Å². The van der Waals surface area contributed by atoms with Gasteiger partial charge in [0.2, 0.25) is 0 Å². The smallest absolute Gasteiger partial charge is 0.135 e. The quantitative estimate of drug-likeness (QED) is 0.174. The number of nitrogens with zero attached hydrogens (tertiary/aromatic N) is 1. The number of hydrogen-bond acceptors (Lipinski definition) is 1. The van der Waals surface area contributed by atoms with Crippen molar-refractivity contribution in [2.45, 2.75) is 40.0 Å². The molecule has 0 N–H and O–H groups in total. The van der Waals surface area contributed by atoms with Gasteiger partial charge in [-0.25, -0.2) is 0 Å². The highest BCUT2D eigenvalue weighted by Crippen LogP contribution is 2.49. The number of hydrogen-bond donors (Lipinski definition) is 0. The number of furan rings is 1. The Balaban J connectivity index is 0.000000131. The summed E-state index contributed by atoms with van der Waals surface area (Å²) in [4.78, 5) is 0. The maximum atomic E-state index is 6.10. The van der Waals surface area contributed by atoms with Crippen LogP contribution in [0.25, 0.3) is 82.8 Å². The van der Waals surface area contributed by atoms with Crippen LogP contribution in [0.5, 0.6) is 0 Å². The van der Waals surface area contributed by atoms with Crippen LogP contribution in [0.1, 0.15) is 41.7 Å². The Kier molecular flexibility index (Phi) is 9.93. The highest BCUT2D eigenvalue weighted by atomic mass is 16.3. The number of aryl methyl sites for hydroxylation is 3. The molecular formula is C60H49NO. The van der Waals surface area contributed by atoms with E-state index in [1.165, 1.54) is 99.5 Å². The van der Waals surface area contributed by atoms with Crippen LogP contribution in [0, 0.1) is 20.8 Å². The van der Waals surface area contributed by atoms with Gasteiger partial charge in [-0.15, -0.1) is 0 Å². The molecular weight excluding hydrogens is 751 g/mol. The third-order valence-corrected chi connectivity index (χ3v) is 12.7. The van der Waals surface area contributed by atoms with Crippen molar-refractivity contribution in [3.63, 3.8) is 0 Å². The number of benzene rings is 9. The van der Waals surface area contributed by atoms with Crippen molar-refractivity contribution >= 4 is 43.7 Å². The summed E-state index contributed by atoms with van der Waals surface area (Å²) in [6, 6.07) is 73.2. The molecule has 1 aliphatic rings. The van der Waals surface area contributed by atoms with Crippen LogP contribution in [0.15, 0.2) is 211 Å². The van der Waals surface area contributed by atoms with Crippen molar-refractivity contribution in [1.29, 1.82) is 0 Å². The van der Waals surface area contributed by atoms with Crippen molar-refractivity contribution < 1.29 is 4.42 Å². The average molecular weight is 800 g/mol. The normalized spacial score (nSPS) is 12.4. The molecule has 0 bridgehead atoms. The van der Waals surface area contributed by atoms with E-state index < -0.39 is 0 Å². The molecule has 0 radical (unpaired) electrons. The van der Waals surface area contributed by atoms with Crippen LogP contribution >= 0.6 is 0 Å². The molecule has 0 unspecified atom stereocenters. The van der Waals surface area contributed by atoms with Crippen LogP contribution in [0.4, 0.5) is 0 Å². The molecule has 0 saturated carbocycles. The number of fused-ring (bicyclic) bond motifs is 9. The molecule has 0 spiro atoms. The fourth-order valence-corrected chi connectivity index (χ4v) is 9.69. The van der Waals surface area contributed by atoms with Gasteiger partial charge < -0.3 is 8.98 Å². The standard InChI is InChI=1S/C31H21NO.C16H16.C13H12/c1-20-8-7-13-30-31(20)26-19-22(15-17-29(26)33-30)21-14-16-28-25(18-21)24-11-5-6-12-27(24)32(28)23-9-3-2-4-10-23;1-11-7-6-9-13-12-8-4-5-10-14(12)16(2,3)15(11)13;1-11-7-9-13(10-8-11)12-5-3-2-4-6-12/h2-19H,1H3;4-10H,1-3H3;2-10H,1H3. The number of para-hydroxylation sites is 2. The zero-order valence-electron chi connectivity index (χ0n) is 36.0. The van der Waals surface area contributed by atoms with E-state index in [4.69, 9.17) is 4.42 Å². The van der Waals surface area contributed by atoms with Gasteiger partial charge in [0.15, 0.2) is 0 Å². The SMILES string of the molecule is Cc1ccc(-c2ccccc2)cc1.Cc1cccc2c1C(C)(C)c1ccccc1-2.Cc1cccc2oc3ccc(-c4ccc5c(c4)c4ccccc4n5-c4ccccc4)cc3c12. The van der Waals surface area contributed by atoms with Crippen molar-refractivity contribution in [2.24, 2.45) is 0 Å². The van der Waals surface area contributed by atoms with Gasteiger partial charge >= 0.3 is 0 Å². The molecule has 12 rings (SSSR count). The van der Waals surface area contributed by atoms with Gasteiger partial charge in [0.25, 0.3) is 0 Å². The van der Waals surface area contributed by atoms with Gasteiger partial charge in [-0.05, 0) is 125 Å². The first-order valence-corrected chi connectivity index (χ1v) is 21.6. The molecule has 9 aromatic carbocycles. The first-order valence-electron chi connectivity index (χ1n) is 21.6. The molecule has 0 fully saturated rings. The average Bonchev–Trinajstić information content (AvgIpc) is 3.93. The zero-order valence-corrected chi connectivity index (χ0v) is 36.0. The monoisotopic (exact) mass is 799 g/mol. The molecule has 300 valence electrons. The summed E-state index contributed by atoms with van der Waals surface area (Å²) in [7, 11) is 0. The van der Waals surface area contributed by atoms with Crippen molar-refractivity contribution in [1.82, 2.24) is 4.57 Å². The van der Waals surface area contributed by atoms with Crippen LogP contribution in [-0.2, 0) is 5.41 Å². The summed E-state index contributed by atoms with van der Waals surface area (Å²) in [5, 5.41) is 4.91. The fraction of sp³-hybridized carbons (Fsp3) is 0.100. The Labute approximate surface area is 364 Å². The summed E-state index contributed by atoms with van der Waals surface area (Å²) in [5.41, 5.74) is 20.4. The largest absolute Gasteiger partial charge is 0.456 e. The molecule has 1 aliphatic carbocycles. The van der Waals surface area contributed by atoms with Gasteiger partial charge in [-0.1, -0.05) is 177 Å². The van der Waals surface area contributed by atoms with Crippen LogP contribution in [-0.4, -0.2) is 4.57 Å². The summed E-state index contributed by atoms with van der Waals surface area (Å²) in [6.45, 7) is 11.1. The van der Waals surface area contributed by atoms with Crippen LogP contribution in [0.3, 0.4) is 0 Å². The van der Waals surface area contributed by atoms with E-state index in [1.807, 2.05) is 12.1 Å². The van der Waals surface area contributed by atoms with E-state index in [0.717, 1.165) is 11.2 Å². The second kappa shape index (κ2) is 15.9. The third-order valence-electron chi connectivity index (χ3n) is 12.7. The van der Waals surface area contributed by atoms with E-state index in [0.29, 0.717) is 0 Å². The zero-order chi connectivity index (χ0) is 42.4. The van der Waals surface area contributed by atoms with E-state index in [9.17, 15) is 0 Å². The summed E-state index contributed by atoms with van der Waals surface area (Å²) in [6.07, 6.45) is 0. The summed E-state index contributed by atoms with van der Waals surface area (Å²) >= 11 is 0. The van der Waals surface area contributed by atoms with Gasteiger partial charge in [0.05, 0.1) is 11.0 Å². The van der Waals surface area contributed by atoms with Crippen LogP contribution < -0.4 is 0 Å². The van der Waals surface area contributed by atoms with Crippen molar-refractivity contribution in [2.75, 3.05) is 0 Å². The first kappa shape index (κ1) is 38.8. The summed E-state index contributed by atoms with van der Waals surface area (Å²) in [5.74, 6) is 0. The Bertz CT molecular complexity index is 3380. The molecule has 2 aromatic heterocycles.